The number of unbranched alkanes of at least 4 members (excludes halogenated alkanes) is 3. The van der Waals surface area contributed by atoms with Crippen LogP contribution in [0.15, 0.2) is 24.3 Å². The zero-order valence-corrected chi connectivity index (χ0v) is 13.0. The standard InChI is InChI=1S/C16H24O2S/c1-4-5-6-7-8-14-9-11-15(12-10-14)16(17)18-13(2)19-3/h9-13H,4-8H2,1-3H3. The SMILES string of the molecule is CCCCCCc1ccc(C(=O)OC(C)SC)cc1. The smallest absolute Gasteiger partial charge is 0.339 e. The normalized spacial score (nSPS) is 12.2. The molecule has 0 heterocycles. The van der Waals surface area contributed by atoms with Crippen LogP contribution in [0, 0.1) is 0 Å². The van der Waals surface area contributed by atoms with Crippen molar-refractivity contribution in [1.82, 2.24) is 0 Å². The van der Waals surface area contributed by atoms with Gasteiger partial charge in [0.25, 0.3) is 0 Å². The third-order valence-corrected chi connectivity index (χ3v) is 3.87. The van der Waals surface area contributed by atoms with E-state index in [1.54, 1.807) is 0 Å². The van der Waals surface area contributed by atoms with E-state index in [1.165, 1.54) is 43.0 Å². The Morgan fingerprint density at radius 1 is 1.21 bits per heavy atom. The van der Waals surface area contributed by atoms with Gasteiger partial charge in [-0.15, -0.1) is 11.8 Å². The number of rotatable bonds is 8. The molecule has 106 valence electrons. The average molecular weight is 280 g/mol. The minimum Gasteiger partial charge on any atom is -0.448 e. The van der Waals surface area contributed by atoms with Crippen molar-refractivity contribution in [2.24, 2.45) is 0 Å². The molecule has 0 saturated carbocycles. The Morgan fingerprint density at radius 2 is 1.89 bits per heavy atom. The van der Waals surface area contributed by atoms with Crippen LogP contribution in [-0.2, 0) is 11.2 Å². The lowest BCUT2D eigenvalue weighted by atomic mass is 10.0. The van der Waals surface area contributed by atoms with Crippen molar-refractivity contribution in [3.8, 4) is 0 Å². The predicted molar refractivity (Wildman–Crippen MR) is 82.7 cm³/mol. The van der Waals surface area contributed by atoms with E-state index in [0.29, 0.717) is 5.56 Å². The highest BCUT2D eigenvalue weighted by atomic mass is 32.2. The van der Waals surface area contributed by atoms with Crippen LogP contribution in [0.2, 0.25) is 0 Å². The van der Waals surface area contributed by atoms with Gasteiger partial charge >= 0.3 is 5.97 Å². The summed E-state index contributed by atoms with van der Waals surface area (Å²) in [6.07, 6.45) is 8.09. The number of esters is 1. The molecule has 0 aliphatic heterocycles. The molecule has 0 bridgehead atoms. The highest BCUT2D eigenvalue weighted by molar-refractivity contribution is 7.99. The van der Waals surface area contributed by atoms with Crippen LogP contribution in [0.1, 0.15) is 55.5 Å². The van der Waals surface area contributed by atoms with E-state index in [-0.39, 0.29) is 11.4 Å². The molecular weight excluding hydrogens is 256 g/mol. The van der Waals surface area contributed by atoms with Crippen LogP contribution < -0.4 is 0 Å². The van der Waals surface area contributed by atoms with E-state index in [2.05, 4.69) is 6.92 Å². The summed E-state index contributed by atoms with van der Waals surface area (Å²) in [6, 6.07) is 7.80. The Morgan fingerprint density at radius 3 is 2.47 bits per heavy atom. The molecular formula is C16H24O2S. The second-order valence-electron chi connectivity index (χ2n) is 4.72. The van der Waals surface area contributed by atoms with Gasteiger partial charge in [0.2, 0.25) is 0 Å². The maximum Gasteiger partial charge on any atom is 0.339 e. The Balaban J connectivity index is 2.44. The Kier molecular flexibility index (Phi) is 7.65. The van der Waals surface area contributed by atoms with Crippen LogP contribution in [0.4, 0.5) is 0 Å². The van der Waals surface area contributed by atoms with E-state index in [1.807, 2.05) is 37.4 Å². The first-order valence-corrected chi connectivity index (χ1v) is 8.29. The molecule has 0 spiro atoms. The molecule has 0 amide bonds. The molecule has 3 heteroatoms. The molecule has 19 heavy (non-hydrogen) atoms. The summed E-state index contributed by atoms with van der Waals surface area (Å²) in [5, 5.41) is 0. The lowest BCUT2D eigenvalue weighted by Crippen LogP contribution is -2.11. The monoisotopic (exact) mass is 280 g/mol. The van der Waals surface area contributed by atoms with Gasteiger partial charge in [0.15, 0.2) is 0 Å². The molecule has 1 aromatic carbocycles. The van der Waals surface area contributed by atoms with Crippen molar-refractivity contribution >= 4 is 17.7 Å². The lowest BCUT2D eigenvalue weighted by Gasteiger charge is -2.10. The van der Waals surface area contributed by atoms with Gasteiger partial charge in [-0.05, 0) is 43.7 Å². The number of carbonyl (C=O) groups excluding carboxylic acids is 1. The van der Waals surface area contributed by atoms with Crippen molar-refractivity contribution in [2.75, 3.05) is 6.26 Å². The van der Waals surface area contributed by atoms with Crippen LogP contribution in [0.5, 0.6) is 0 Å². The molecule has 0 fully saturated rings. The van der Waals surface area contributed by atoms with Crippen molar-refractivity contribution in [1.29, 1.82) is 0 Å². The molecule has 0 aromatic heterocycles. The molecule has 1 atom stereocenters. The summed E-state index contributed by atoms with van der Waals surface area (Å²) in [4.78, 5) is 11.8. The third-order valence-electron chi connectivity index (χ3n) is 3.11. The molecule has 1 unspecified atom stereocenters. The predicted octanol–water partition coefficient (Wildman–Crippen LogP) is 4.68. The molecule has 0 aliphatic carbocycles. The van der Waals surface area contributed by atoms with Crippen LogP contribution >= 0.6 is 11.8 Å². The first-order valence-electron chi connectivity index (χ1n) is 7.00. The van der Waals surface area contributed by atoms with Gasteiger partial charge in [-0.1, -0.05) is 38.3 Å². The topological polar surface area (TPSA) is 26.3 Å². The molecule has 1 aromatic rings. The fraction of sp³-hybridized carbons (Fsp3) is 0.562. The van der Waals surface area contributed by atoms with Crippen molar-refractivity contribution in [3.63, 3.8) is 0 Å². The van der Waals surface area contributed by atoms with E-state index in [4.69, 9.17) is 4.74 Å². The van der Waals surface area contributed by atoms with E-state index in [9.17, 15) is 4.79 Å². The highest BCUT2D eigenvalue weighted by Gasteiger charge is 2.10. The fourth-order valence-corrected chi connectivity index (χ4v) is 2.01. The van der Waals surface area contributed by atoms with E-state index < -0.39 is 0 Å². The van der Waals surface area contributed by atoms with Crippen LogP contribution in [0.25, 0.3) is 0 Å². The molecule has 0 saturated heterocycles. The fourth-order valence-electron chi connectivity index (χ4n) is 1.83. The highest BCUT2D eigenvalue weighted by Crippen LogP contribution is 2.13. The van der Waals surface area contributed by atoms with Gasteiger partial charge in [0, 0.05) is 0 Å². The summed E-state index contributed by atoms with van der Waals surface area (Å²) in [6.45, 7) is 4.10. The van der Waals surface area contributed by atoms with Crippen LogP contribution in [-0.4, -0.2) is 17.7 Å². The Labute approximate surface area is 120 Å². The first-order chi connectivity index (χ1) is 9.17. The number of aryl methyl sites for hydroxylation is 1. The zero-order chi connectivity index (χ0) is 14.1. The molecule has 0 N–H and O–H groups in total. The van der Waals surface area contributed by atoms with Gasteiger partial charge < -0.3 is 4.74 Å². The minimum absolute atomic E-state index is 0.0961. The van der Waals surface area contributed by atoms with Crippen molar-refractivity contribution in [2.45, 2.75) is 51.4 Å². The summed E-state index contributed by atoms with van der Waals surface area (Å²) in [5.74, 6) is -0.237. The Bertz CT molecular complexity index is 373. The van der Waals surface area contributed by atoms with E-state index >= 15 is 0 Å². The molecule has 1 rings (SSSR count). The number of benzene rings is 1. The average Bonchev–Trinajstić information content (AvgIpc) is 2.44. The molecule has 0 radical (unpaired) electrons. The largest absolute Gasteiger partial charge is 0.448 e. The maximum absolute atomic E-state index is 11.8. The molecule has 2 nitrogen and oxygen atoms in total. The van der Waals surface area contributed by atoms with Gasteiger partial charge in [-0.3, -0.25) is 0 Å². The number of hydrogen-bond donors (Lipinski definition) is 0. The lowest BCUT2D eigenvalue weighted by molar-refractivity contribution is 0.0482. The quantitative estimate of drug-likeness (QED) is 0.393. The van der Waals surface area contributed by atoms with Crippen molar-refractivity contribution in [3.05, 3.63) is 35.4 Å². The summed E-state index contributed by atoms with van der Waals surface area (Å²) >= 11 is 1.52. The second-order valence-corrected chi connectivity index (χ2v) is 5.85. The summed E-state index contributed by atoms with van der Waals surface area (Å²) in [5.41, 5.74) is 1.84. The van der Waals surface area contributed by atoms with Gasteiger partial charge in [0.05, 0.1) is 5.56 Å². The van der Waals surface area contributed by atoms with Crippen LogP contribution in [0.3, 0.4) is 0 Å². The maximum atomic E-state index is 11.8. The van der Waals surface area contributed by atoms with E-state index in [0.717, 1.165) is 6.42 Å². The van der Waals surface area contributed by atoms with Crippen molar-refractivity contribution < 1.29 is 9.53 Å². The zero-order valence-electron chi connectivity index (χ0n) is 12.1. The first kappa shape index (κ1) is 16.1. The third kappa shape index (κ3) is 6.15. The summed E-state index contributed by atoms with van der Waals surface area (Å²) in [7, 11) is 0. The number of carbonyl (C=O) groups is 1. The number of ether oxygens (including phenoxy) is 1. The molecule has 0 aliphatic rings. The minimum atomic E-state index is -0.237. The number of thioether (sulfide) groups is 1. The van der Waals surface area contributed by atoms with Gasteiger partial charge in [0.1, 0.15) is 5.44 Å². The number of hydrogen-bond acceptors (Lipinski definition) is 3. The van der Waals surface area contributed by atoms with Gasteiger partial charge in [-0.2, -0.15) is 0 Å². The Hall–Kier alpha value is -0.960. The second kappa shape index (κ2) is 9.03. The summed E-state index contributed by atoms with van der Waals surface area (Å²) < 4.78 is 5.26. The van der Waals surface area contributed by atoms with Gasteiger partial charge in [-0.25, -0.2) is 4.79 Å².